The second-order valence-electron chi connectivity index (χ2n) is 2.94. The van der Waals surface area contributed by atoms with Crippen molar-refractivity contribution in [1.82, 2.24) is 10.6 Å². The predicted octanol–water partition coefficient (Wildman–Crippen LogP) is -0.185. The van der Waals surface area contributed by atoms with Crippen LogP contribution in [0.4, 0.5) is 0 Å². The largest absolute Gasteiger partial charge is 0.319 e. The molecular formula is C6H14N2. The molecule has 1 saturated heterocycles. The van der Waals surface area contributed by atoms with Gasteiger partial charge in [-0.1, -0.05) is 6.92 Å². The van der Waals surface area contributed by atoms with E-state index in [1.54, 1.807) is 0 Å². The van der Waals surface area contributed by atoms with Gasteiger partial charge in [-0.2, -0.15) is 0 Å². The molecular weight excluding hydrogens is 100 g/mol. The van der Waals surface area contributed by atoms with E-state index in [0.717, 1.165) is 6.54 Å². The fraction of sp³-hybridized carbons (Fsp3) is 1.00. The minimum absolute atomic E-state index is 0.550. The van der Waals surface area contributed by atoms with Crippen molar-refractivity contribution < 1.29 is 0 Å². The Kier molecular flexibility index (Phi) is 1.54. The van der Waals surface area contributed by atoms with Crippen molar-refractivity contribution in [2.75, 3.05) is 26.7 Å². The first-order chi connectivity index (χ1) is 3.77. The zero-order valence-corrected chi connectivity index (χ0v) is 5.62. The third kappa shape index (κ3) is 1.01. The molecule has 1 rings (SSSR count). The van der Waals surface area contributed by atoms with Crippen LogP contribution in [0.3, 0.4) is 0 Å². The van der Waals surface area contributed by atoms with Gasteiger partial charge < -0.3 is 10.6 Å². The van der Waals surface area contributed by atoms with Gasteiger partial charge in [0, 0.05) is 25.0 Å². The summed E-state index contributed by atoms with van der Waals surface area (Å²) in [5, 5.41) is 6.42. The molecule has 2 nitrogen and oxygen atoms in total. The summed E-state index contributed by atoms with van der Waals surface area (Å²) in [6, 6.07) is 0. The molecule has 0 saturated carbocycles. The maximum Gasteiger partial charge on any atom is 0.00488 e. The second kappa shape index (κ2) is 2.03. The van der Waals surface area contributed by atoms with Gasteiger partial charge in [0.25, 0.3) is 0 Å². The highest BCUT2D eigenvalue weighted by Crippen LogP contribution is 2.18. The lowest BCUT2D eigenvalue weighted by molar-refractivity contribution is 0.194. The van der Waals surface area contributed by atoms with E-state index in [0.29, 0.717) is 5.41 Å². The van der Waals surface area contributed by atoms with Crippen LogP contribution in [0.25, 0.3) is 0 Å². The molecule has 0 aliphatic carbocycles. The van der Waals surface area contributed by atoms with Crippen molar-refractivity contribution in [3.05, 3.63) is 0 Å². The Balaban J connectivity index is 2.20. The molecule has 0 spiro atoms. The molecule has 1 aliphatic rings. The van der Waals surface area contributed by atoms with Crippen molar-refractivity contribution >= 4 is 0 Å². The number of nitrogens with one attached hydrogen (secondary N) is 2. The highest BCUT2D eigenvalue weighted by atomic mass is 15.0. The summed E-state index contributed by atoms with van der Waals surface area (Å²) < 4.78 is 0. The summed E-state index contributed by atoms with van der Waals surface area (Å²) >= 11 is 0. The van der Waals surface area contributed by atoms with E-state index in [2.05, 4.69) is 17.6 Å². The summed E-state index contributed by atoms with van der Waals surface area (Å²) in [7, 11) is 2.00. The van der Waals surface area contributed by atoms with Crippen molar-refractivity contribution in [2.45, 2.75) is 6.92 Å². The lowest BCUT2D eigenvalue weighted by Crippen LogP contribution is -2.55. The lowest BCUT2D eigenvalue weighted by atomic mass is 9.84. The molecule has 1 fully saturated rings. The minimum atomic E-state index is 0.550. The van der Waals surface area contributed by atoms with Crippen LogP contribution >= 0.6 is 0 Å². The van der Waals surface area contributed by atoms with Crippen LogP contribution in [0.1, 0.15) is 6.92 Å². The Morgan fingerprint density at radius 3 is 2.38 bits per heavy atom. The van der Waals surface area contributed by atoms with E-state index in [-0.39, 0.29) is 0 Å². The van der Waals surface area contributed by atoms with E-state index in [4.69, 9.17) is 0 Å². The predicted molar refractivity (Wildman–Crippen MR) is 34.9 cm³/mol. The van der Waals surface area contributed by atoms with Gasteiger partial charge in [-0.15, -0.1) is 0 Å². The van der Waals surface area contributed by atoms with Gasteiger partial charge >= 0.3 is 0 Å². The first-order valence-corrected chi connectivity index (χ1v) is 3.12. The molecule has 2 N–H and O–H groups in total. The Hall–Kier alpha value is -0.0800. The molecule has 1 heterocycles. The zero-order chi connectivity index (χ0) is 6.04. The topological polar surface area (TPSA) is 24.1 Å². The average molecular weight is 114 g/mol. The van der Waals surface area contributed by atoms with E-state index in [1.165, 1.54) is 13.1 Å². The number of hydrogen-bond donors (Lipinski definition) is 2. The molecule has 0 aromatic heterocycles. The standard InChI is InChI=1S/C6H14N2/c1-6(3-7-2)4-8-5-6/h7-8H,3-5H2,1-2H3. The summed E-state index contributed by atoms with van der Waals surface area (Å²) in [6.45, 7) is 5.78. The molecule has 2 heteroatoms. The van der Waals surface area contributed by atoms with Gasteiger partial charge in [-0.3, -0.25) is 0 Å². The zero-order valence-electron chi connectivity index (χ0n) is 5.62. The van der Waals surface area contributed by atoms with Crippen LogP contribution in [0.15, 0.2) is 0 Å². The maximum atomic E-state index is 3.25. The summed E-state index contributed by atoms with van der Waals surface area (Å²) in [5.74, 6) is 0. The van der Waals surface area contributed by atoms with Crippen molar-refractivity contribution in [1.29, 1.82) is 0 Å². The fourth-order valence-electron chi connectivity index (χ4n) is 1.10. The van der Waals surface area contributed by atoms with E-state index < -0.39 is 0 Å². The van der Waals surface area contributed by atoms with Crippen molar-refractivity contribution in [3.8, 4) is 0 Å². The quantitative estimate of drug-likeness (QED) is 0.520. The van der Waals surface area contributed by atoms with E-state index in [1.807, 2.05) is 7.05 Å². The van der Waals surface area contributed by atoms with Crippen LogP contribution in [0.2, 0.25) is 0 Å². The van der Waals surface area contributed by atoms with Gasteiger partial charge in [0.2, 0.25) is 0 Å². The molecule has 1 aliphatic heterocycles. The van der Waals surface area contributed by atoms with Gasteiger partial charge in [0.1, 0.15) is 0 Å². The molecule has 0 aromatic carbocycles. The Morgan fingerprint density at radius 2 is 2.25 bits per heavy atom. The first-order valence-electron chi connectivity index (χ1n) is 3.12. The van der Waals surface area contributed by atoms with Crippen LogP contribution < -0.4 is 10.6 Å². The monoisotopic (exact) mass is 114 g/mol. The molecule has 0 radical (unpaired) electrons. The molecule has 0 amide bonds. The molecule has 0 unspecified atom stereocenters. The van der Waals surface area contributed by atoms with Gasteiger partial charge in [0.05, 0.1) is 0 Å². The highest BCUT2D eigenvalue weighted by molar-refractivity contribution is 4.89. The normalized spacial score (nSPS) is 24.8. The summed E-state index contributed by atoms with van der Waals surface area (Å²) in [5.41, 5.74) is 0.550. The Morgan fingerprint density at radius 1 is 1.62 bits per heavy atom. The van der Waals surface area contributed by atoms with E-state index in [9.17, 15) is 0 Å². The fourth-order valence-corrected chi connectivity index (χ4v) is 1.10. The van der Waals surface area contributed by atoms with Crippen molar-refractivity contribution in [2.24, 2.45) is 5.41 Å². The number of rotatable bonds is 2. The smallest absolute Gasteiger partial charge is 0.00488 e. The molecule has 48 valence electrons. The third-order valence-electron chi connectivity index (χ3n) is 1.71. The molecule has 8 heavy (non-hydrogen) atoms. The lowest BCUT2D eigenvalue weighted by Gasteiger charge is -2.39. The second-order valence-corrected chi connectivity index (χ2v) is 2.94. The van der Waals surface area contributed by atoms with Gasteiger partial charge in [-0.25, -0.2) is 0 Å². The molecule has 0 atom stereocenters. The minimum Gasteiger partial charge on any atom is -0.319 e. The SMILES string of the molecule is CNCC1(C)CNC1. The van der Waals surface area contributed by atoms with Gasteiger partial charge in [-0.05, 0) is 7.05 Å². The Bertz CT molecular complexity index is 76.6. The average Bonchev–Trinajstić information content (AvgIpc) is 1.64. The highest BCUT2D eigenvalue weighted by Gasteiger charge is 2.29. The summed E-state index contributed by atoms with van der Waals surface area (Å²) in [4.78, 5) is 0. The van der Waals surface area contributed by atoms with Crippen LogP contribution in [0, 0.1) is 5.41 Å². The first kappa shape index (κ1) is 6.05. The van der Waals surface area contributed by atoms with Crippen LogP contribution in [-0.2, 0) is 0 Å². The summed E-state index contributed by atoms with van der Waals surface area (Å²) in [6.07, 6.45) is 0. The third-order valence-corrected chi connectivity index (χ3v) is 1.71. The maximum absolute atomic E-state index is 3.25. The number of hydrogen-bond acceptors (Lipinski definition) is 2. The Labute approximate surface area is 50.7 Å². The molecule has 0 bridgehead atoms. The van der Waals surface area contributed by atoms with Gasteiger partial charge in [0.15, 0.2) is 0 Å². The van der Waals surface area contributed by atoms with Crippen LogP contribution in [0.5, 0.6) is 0 Å². The van der Waals surface area contributed by atoms with Crippen LogP contribution in [-0.4, -0.2) is 26.7 Å². The van der Waals surface area contributed by atoms with Crippen molar-refractivity contribution in [3.63, 3.8) is 0 Å². The molecule has 0 aromatic rings. The van der Waals surface area contributed by atoms with E-state index >= 15 is 0 Å².